The molecule has 0 aliphatic carbocycles. The smallest absolute Gasteiger partial charge is 0.244 e. The molecular formula is C17H21ClN2O4S. The van der Waals surface area contributed by atoms with Crippen LogP contribution in [0.4, 0.5) is 0 Å². The lowest BCUT2D eigenvalue weighted by Gasteiger charge is -2.12. The number of benzene rings is 2. The van der Waals surface area contributed by atoms with Crippen molar-refractivity contribution < 1.29 is 17.9 Å². The summed E-state index contributed by atoms with van der Waals surface area (Å²) >= 11 is 0. The summed E-state index contributed by atoms with van der Waals surface area (Å²) in [5.41, 5.74) is 3.39. The molecule has 3 rings (SSSR count). The van der Waals surface area contributed by atoms with Crippen LogP contribution in [-0.2, 0) is 29.7 Å². The number of hydrogen-bond acceptors (Lipinski definition) is 5. The van der Waals surface area contributed by atoms with Crippen LogP contribution in [0.15, 0.2) is 41.3 Å². The van der Waals surface area contributed by atoms with Crippen molar-refractivity contribution in [3.63, 3.8) is 0 Å². The first-order valence-electron chi connectivity index (χ1n) is 7.56. The van der Waals surface area contributed by atoms with Gasteiger partial charge in [-0.2, -0.15) is 0 Å². The van der Waals surface area contributed by atoms with Crippen molar-refractivity contribution in [1.29, 1.82) is 0 Å². The standard InChI is InChI=1S/C17H20N2O4S.ClH/c1-22-15-5-6-16(23-2)17(8-15)24(20,21)19-9-12-3-4-13-10-18-11-14(13)7-12;/h3-8,18-19H,9-11H2,1-2H3;1H. The second kappa shape index (κ2) is 8.05. The molecule has 8 heteroatoms. The third-order valence-corrected chi connectivity index (χ3v) is 5.45. The van der Waals surface area contributed by atoms with Crippen molar-refractivity contribution in [1.82, 2.24) is 10.0 Å². The predicted molar refractivity (Wildman–Crippen MR) is 97.8 cm³/mol. The minimum Gasteiger partial charge on any atom is -0.497 e. The summed E-state index contributed by atoms with van der Waals surface area (Å²) in [5, 5.41) is 3.27. The molecule has 0 saturated carbocycles. The minimum absolute atomic E-state index is 0. The van der Waals surface area contributed by atoms with Gasteiger partial charge in [-0.25, -0.2) is 13.1 Å². The number of sulfonamides is 1. The van der Waals surface area contributed by atoms with E-state index < -0.39 is 10.0 Å². The lowest BCUT2D eigenvalue weighted by atomic mass is 10.1. The van der Waals surface area contributed by atoms with E-state index in [-0.39, 0.29) is 29.6 Å². The van der Waals surface area contributed by atoms with Crippen LogP contribution in [0.25, 0.3) is 0 Å². The first-order valence-corrected chi connectivity index (χ1v) is 9.05. The van der Waals surface area contributed by atoms with Gasteiger partial charge in [-0.1, -0.05) is 18.2 Å². The molecule has 2 N–H and O–H groups in total. The summed E-state index contributed by atoms with van der Waals surface area (Å²) in [6.07, 6.45) is 0. The third kappa shape index (κ3) is 4.24. The van der Waals surface area contributed by atoms with Gasteiger partial charge >= 0.3 is 0 Å². The van der Waals surface area contributed by atoms with E-state index >= 15 is 0 Å². The molecule has 0 spiro atoms. The highest BCUT2D eigenvalue weighted by atomic mass is 35.5. The third-order valence-electron chi connectivity index (χ3n) is 4.03. The molecule has 136 valence electrons. The van der Waals surface area contributed by atoms with Gasteiger partial charge in [-0.05, 0) is 28.8 Å². The zero-order valence-corrected chi connectivity index (χ0v) is 15.7. The summed E-state index contributed by atoms with van der Waals surface area (Å²) in [5.74, 6) is 0.737. The Morgan fingerprint density at radius 1 is 1.04 bits per heavy atom. The Balaban J connectivity index is 0.00000225. The summed E-state index contributed by atoms with van der Waals surface area (Å²) in [6, 6.07) is 10.7. The van der Waals surface area contributed by atoms with Crippen LogP contribution < -0.4 is 19.5 Å². The predicted octanol–water partition coefficient (Wildman–Crippen LogP) is 2.21. The zero-order chi connectivity index (χ0) is 17.2. The minimum atomic E-state index is -3.72. The van der Waals surface area contributed by atoms with Gasteiger partial charge in [-0.3, -0.25) is 0 Å². The average Bonchev–Trinajstić information content (AvgIpc) is 3.07. The maximum Gasteiger partial charge on any atom is 0.244 e. The monoisotopic (exact) mass is 384 g/mol. The second-order valence-electron chi connectivity index (χ2n) is 5.55. The van der Waals surface area contributed by atoms with Crippen LogP contribution in [0.3, 0.4) is 0 Å². The van der Waals surface area contributed by atoms with Crippen molar-refractivity contribution >= 4 is 22.4 Å². The summed E-state index contributed by atoms with van der Waals surface area (Å²) in [6.45, 7) is 1.90. The van der Waals surface area contributed by atoms with Crippen LogP contribution in [0.2, 0.25) is 0 Å². The van der Waals surface area contributed by atoms with Gasteiger partial charge in [0.15, 0.2) is 0 Å². The fraction of sp³-hybridized carbons (Fsp3) is 0.294. The number of methoxy groups -OCH3 is 2. The van der Waals surface area contributed by atoms with E-state index in [1.165, 1.54) is 31.4 Å². The van der Waals surface area contributed by atoms with Gasteiger partial charge in [0, 0.05) is 25.7 Å². The Bertz CT molecular complexity index is 856. The van der Waals surface area contributed by atoms with Crippen molar-refractivity contribution in [2.45, 2.75) is 24.5 Å². The van der Waals surface area contributed by atoms with E-state index in [0.717, 1.165) is 18.7 Å². The highest BCUT2D eigenvalue weighted by Crippen LogP contribution is 2.28. The van der Waals surface area contributed by atoms with E-state index in [1.54, 1.807) is 12.1 Å². The summed E-state index contributed by atoms with van der Waals surface area (Å²) in [4.78, 5) is 0.0622. The normalized spacial score (nSPS) is 13.0. The Morgan fingerprint density at radius 3 is 2.52 bits per heavy atom. The van der Waals surface area contributed by atoms with Crippen molar-refractivity contribution in [3.8, 4) is 11.5 Å². The molecule has 1 aliphatic heterocycles. The lowest BCUT2D eigenvalue weighted by Crippen LogP contribution is -2.24. The van der Waals surface area contributed by atoms with Gasteiger partial charge in [-0.15, -0.1) is 12.4 Å². The number of hydrogen-bond donors (Lipinski definition) is 2. The number of rotatable bonds is 6. The molecule has 0 bridgehead atoms. The van der Waals surface area contributed by atoms with Crippen LogP contribution in [0.1, 0.15) is 16.7 Å². The fourth-order valence-corrected chi connectivity index (χ4v) is 3.91. The van der Waals surface area contributed by atoms with Crippen LogP contribution in [0, 0.1) is 0 Å². The highest BCUT2D eigenvalue weighted by Gasteiger charge is 2.20. The SMILES string of the molecule is COc1ccc(OC)c(S(=O)(=O)NCc2ccc3c(c2)CNC3)c1.Cl. The molecule has 0 amide bonds. The summed E-state index contributed by atoms with van der Waals surface area (Å²) in [7, 11) is -0.789. The first-order chi connectivity index (χ1) is 11.5. The topological polar surface area (TPSA) is 76.7 Å². The van der Waals surface area contributed by atoms with Gasteiger partial charge in [0.2, 0.25) is 10.0 Å². The fourth-order valence-electron chi connectivity index (χ4n) is 2.71. The van der Waals surface area contributed by atoms with Crippen molar-refractivity contribution in [2.24, 2.45) is 0 Å². The van der Waals surface area contributed by atoms with E-state index in [1.807, 2.05) is 18.2 Å². The largest absolute Gasteiger partial charge is 0.497 e. The molecule has 1 aliphatic rings. The Kier molecular flexibility index (Phi) is 6.29. The number of fused-ring (bicyclic) bond motifs is 1. The molecule has 0 fully saturated rings. The number of halogens is 1. The number of ether oxygens (including phenoxy) is 2. The Labute approximate surface area is 154 Å². The van der Waals surface area contributed by atoms with Crippen LogP contribution in [-0.4, -0.2) is 22.6 Å². The molecule has 2 aromatic carbocycles. The zero-order valence-electron chi connectivity index (χ0n) is 14.0. The Hall–Kier alpha value is -1.80. The molecule has 0 radical (unpaired) electrons. The second-order valence-corrected chi connectivity index (χ2v) is 7.28. The van der Waals surface area contributed by atoms with Gasteiger partial charge in [0.25, 0.3) is 0 Å². The van der Waals surface area contributed by atoms with Crippen LogP contribution >= 0.6 is 12.4 Å². The maximum atomic E-state index is 12.6. The van der Waals surface area contributed by atoms with Crippen LogP contribution in [0.5, 0.6) is 11.5 Å². The van der Waals surface area contributed by atoms with E-state index in [0.29, 0.717) is 5.75 Å². The number of nitrogens with one attached hydrogen (secondary N) is 2. The lowest BCUT2D eigenvalue weighted by molar-refractivity contribution is 0.392. The maximum absolute atomic E-state index is 12.6. The Morgan fingerprint density at radius 2 is 1.80 bits per heavy atom. The molecular weight excluding hydrogens is 364 g/mol. The van der Waals surface area contributed by atoms with Crippen molar-refractivity contribution in [3.05, 3.63) is 53.1 Å². The van der Waals surface area contributed by atoms with Gasteiger partial charge < -0.3 is 14.8 Å². The van der Waals surface area contributed by atoms with E-state index in [4.69, 9.17) is 9.47 Å². The van der Waals surface area contributed by atoms with E-state index in [9.17, 15) is 8.42 Å². The molecule has 0 unspecified atom stereocenters. The molecule has 6 nitrogen and oxygen atoms in total. The molecule has 0 aromatic heterocycles. The summed E-state index contributed by atoms with van der Waals surface area (Å²) < 4.78 is 38.1. The molecule has 2 aromatic rings. The first kappa shape index (κ1) is 19.5. The molecule has 1 heterocycles. The average molecular weight is 385 g/mol. The molecule has 25 heavy (non-hydrogen) atoms. The van der Waals surface area contributed by atoms with Gasteiger partial charge in [0.1, 0.15) is 16.4 Å². The van der Waals surface area contributed by atoms with Gasteiger partial charge in [0.05, 0.1) is 14.2 Å². The van der Waals surface area contributed by atoms with Crippen molar-refractivity contribution in [2.75, 3.05) is 14.2 Å². The molecule has 0 atom stereocenters. The molecule has 0 saturated heterocycles. The van der Waals surface area contributed by atoms with E-state index in [2.05, 4.69) is 10.0 Å². The highest BCUT2D eigenvalue weighted by molar-refractivity contribution is 7.89. The quantitative estimate of drug-likeness (QED) is 0.798.